The Morgan fingerprint density at radius 1 is 0.324 bits per heavy atom. The van der Waals surface area contributed by atoms with Gasteiger partial charge in [0.2, 0.25) is 0 Å². The lowest BCUT2D eigenvalue weighted by Gasteiger charge is -2.18. The smallest absolute Gasteiger partial charge is 0.306 e. The van der Waals surface area contributed by atoms with Gasteiger partial charge in [-0.2, -0.15) is 0 Å². The number of carbonyl (C=O) groups is 3. The van der Waals surface area contributed by atoms with Gasteiger partial charge in [0.25, 0.3) is 0 Å². The molecule has 0 aromatic carbocycles. The van der Waals surface area contributed by atoms with Crippen molar-refractivity contribution in [3.63, 3.8) is 0 Å². The molecule has 0 saturated heterocycles. The van der Waals surface area contributed by atoms with Crippen molar-refractivity contribution in [1.82, 2.24) is 0 Å². The molecule has 0 aromatic rings. The zero-order chi connectivity index (χ0) is 49.3. The lowest BCUT2D eigenvalue weighted by molar-refractivity contribution is -0.167. The molecule has 0 aliphatic rings. The Morgan fingerprint density at radius 3 is 1.04 bits per heavy atom. The van der Waals surface area contributed by atoms with Gasteiger partial charge in [-0.15, -0.1) is 0 Å². The number of carbonyl (C=O) groups excluding carboxylic acids is 3. The Labute approximate surface area is 420 Å². The summed E-state index contributed by atoms with van der Waals surface area (Å²) in [6, 6.07) is 0. The zero-order valence-electron chi connectivity index (χ0n) is 44.6. The van der Waals surface area contributed by atoms with Gasteiger partial charge < -0.3 is 14.2 Å². The summed E-state index contributed by atoms with van der Waals surface area (Å²) in [4.78, 5) is 38.1. The standard InChI is InChI=1S/C62H106O6/c1-4-7-10-13-16-19-22-25-28-30-32-34-37-40-43-46-49-52-55-61(64)67-58-59(57-66-60(63)54-51-48-45-42-39-36-33-27-24-21-18-15-12-9-6-3)68-62(65)56-53-50-47-44-41-38-35-31-29-26-23-20-17-14-11-8-5-2/h8,11,17-18,20-21,24,26-27,29,35,38,44,47,59H,4-7,9-10,12-16,19,22-23,25,28,30-34,36-37,39-43,45-46,48-58H2,1-3H3/b11-8-,20-17-,21-18-,27-24-,29-26-,38-35-,47-44-. The molecule has 1 atom stereocenters. The largest absolute Gasteiger partial charge is 0.462 e. The van der Waals surface area contributed by atoms with Gasteiger partial charge in [-0.25, -0.2) is 0 Å². The molecule has 0 amide bonds. The number of ether oxygens (including phenoxy) is 3. The second-order valence-electron chi connectivity index (χ2n) is 18.9. The van der Waals surface area contributed by atoms with Crippen molar-refractivity contribution in [3.05, 3.63) is 85.1 Å². The summed E-state index contributed by atoms with van der Waals surface area (Å²) >= 11 is 0. The molecular weight excluding hydrogens is 841 g/mol. The normalized spacial score (nSPS) is 12.7. The minimum absolute atomic E-state index is 0.101. The van der Waals surface area contributed by atoms with Crippen LogP contribution in [-0.2, 0) is 28.6 Å². The first kappa shape index (κ1) is 64.6. The molecule has 0 heterocycles. The van der Waals surface area contributed by atoms with Crippen LogP contribution in [0.2, 0.25) is 0 Å². The first-order chi connectivity index (χ1) is 33.5. The van der Waals surface area contributed by atoms with E-state index in [9.17, 15) is 14.4 Å². The van der Waals surface area contributed by atoms with Crippen molar-refractivity contribution in [3.8, 4) is 0 Å². The lowest BCUT2D eigenvalue weighted by Crippen LogP contribution is -2.30. The number of unbranched alkanes of at least 4 members (excludes halogenated alkanes) is 27. The first-order valence-corrected chi connectivity index (χ1v) is 28.6. The monoisotopic (exact) mass is 947 g/mol. The van der Waals surface area contributed by atoms with Crippen LogP contribution >= 0.6 is 0 Å². The van der Waals surface area contributed by atoms with Crippen molar-refractivity contribution in [2.24, 2.45) is 0 Å². The van der Waals surface area contributed by atoms with Crippen LogP contribution in [0.1, 0.15) is 271 Å². The number of allylic oxidation sites excluding steroid dienone is 14. The van der Waals surface area contributed by atoms with Gasteiger partial charge in [-0.05, 0) is 83.5 Å². The van der Waals surface area contributed by atoms with E-state index < -0.39 is 6.10 Å². The average molecular weight is 948 g/mol. The number of esters is 3. The molecule has 0 fully saturated rings. The molecule has 68 heavy (non-hydrogen) atoms. The molecule has 0 bridgehead atoms. The Kier molecular flexibility index (Phi) is 53.4. The molecule has 0 aliphatic carbocycles. The summed E-state index contributed by atoms with van der Waals surface area (Å²) in [5, 5.41) is 0. The van der Waals surface area contributed by atoms with E-state index in [2.05, 4.69) is 106 Å². The maximum Gasteiger partial charge on any atom is 0.306 e. The van der Waals surface area contributed by atoms with Crippen LogP contribution in [0.15, 0.2) is 85.1 Å². The zero-order valence-corrected chi connectivity index (χ0v) is 44.6. The number of rotatable bonds is 51. The van der Waals surface area contributed by atoms with Gasteiger partial charge in [0.05, 0.1) is 0 Å². The fourth-order valence-corrected chi connectivity index (χ4v) is 7.88. The minimum Gasteiger partial charge on any atom is -0.462 e. The third-order valence-electron chi connectivity index (χ3n) is 12.2. The maximum atomic E-state index is 12.8. The highest BCUT2D eigenvalue weighted by Crippen LogP contribution is 2.16. The van der Waals surface area contributed by atoms with Crippen molar-refractivity contribution >= 4 is 17.9 Å². The Hall–Kier alpha value is -3.41. The highest BCUT2D eigenvalue weighted by Gasteiger charge is 2.19. The molecule has 6 heteroatoms. The lowest BCUT2D eigenvalue weighted by atomic mass is 10.0. The Bertz CT molecular complexity index is 1320. The van der Waals surface area contributed by atoms with Gasteiger partial charge in [0.1, 0.15) is 13.2 Å². The average Bonchev–Trinajstić information content (AvgIpc) is 3.34. The van der Waals surface area contributed by atoms with Gasteiger partial charge in [0.15, 0.2) is 6.10 Å². The van der Waals surface area contributed by atoms with E-state index in [1.165, 1.54) is 141 Å². The van der Waals surface area contributed by atoms with Gasteiger partial charge in [0, 0.05) is 19.3 Å². The summed E-state index contributed by atoms with van der Waals surface area (Å²) in [7, 11) is 0. The molecule has 0 aliphatic heterocycles. The topological polar surface area (TPSA) is 78.9 Å². The third-order valence-corrected chi connectivity index (χ3v) is 12.2. The fourth-order valence-electron chi connectivity index (χ4n) is 7.88. The van der Waals surface area contributed by atoms with E-state index in [1.54, 1.807) is 0 Å². The van der Waals surface area contributed by atoms with Crippen molar-refractivity contribution in [2.75, 3.05) is 13.2 Å². The summed E-state index contributed by atoms with van der Waals surface area (Å²) in [5.41, 5.74) is 0. The highest BCUT2D eigenvalue weighted by atomic mass is 16.6. The molecule has 1 unspecified atom stereocenters. The third kappa shape index (κ3) is 53.5. The minimum atomic E-state index is -0.810. The quantitative estimate of drug-likeness (QED) is 0.0199. The van der Waals surface area contributed by atoms with Crippen LogP contribution in [0.4, 0.5) is 0 Å². The van der Waals surface area contributed by atoms with Crippen LogP contribution in [0.25, 0.3) is 0 Å². The van der Waals surface area contributed by atoms with Crippen LogP contribution in [-0.4, -0.2) is 37.2 Å². The van der Waals surface area contributed by atoms with Crippen molar-refractivity contribution in [2.45, 2.75) is 277 Å². The van der Waals surface area contributed by atoms with Crippen LogP contribution in [0.3, 0.4) is 0 Å². The Morgan fingerprint density at radius 2 is 0.632 bits per heavy atom. The summed E-state index contributed by atoms with van der Waals surface area (Å²) in [6.07, 6.45) is 72.9. The fraction of sp³-hybridized carbons (Fsp3) is 0.726. The second-order valence-corrected chi connectivity index (χ2v) is 18.9. The van der Waals surface area contributed by atoms with Crippen LogP contribution < -0.4 is 0 Å². The molecule has 0 aromatic heterocycles. The molecule has 6 nitrogen and oxygen atoms in total. The van der Waals surface area contributed by atoms with Gasteiger partial charge in [-0.1, -0.05) is 254 Å². The summed E-state index contributed by atoms with van der Waals surface area (Å²) in [6.45, 7) is 6.46. The Balaban J connectivity index is 4.46. The molecule has 0 radical (unpaired) electrons. The van der Waals surface area contributed by atoms with E-state index in [1.807, 2.05) is 0 Å². The van der Waals surface area contributed by atoms with E-state index in [0.717, 1.165) is 83.5 Å². The molecule has 0 rings (SSSR count). The first-order valence-electron chi connectivity index (χ1n) is 28.6. The van der Waals surface area contributed by atoms with Crippen LogP contribution in [0, 0.1) is 0 Å². The molecule has 390 valence electrons. The van der Waals surface area contributed by atoms with E-state index in [4.69, 9.17) is 14.2 Å². The second kappa shape index (κ2) is 56.2. The van der Waals surface area contributed by atoms with Crippen molar-refractivity contribution < 1.29 is 28.6 Å². The predicted octanol–water partition coefficient (Wildman–Crippen LogP) is 19.2. The number of hydrogen-bond acceptors (Lipinski definition) is 6. The molecule has 0 N–H and O–H groups in total. The van der Waals surface area contributed by atoms with Crippen molar-refractivity contribution in [1.29, 1.82) is 0 Å². The van der Waals surface area contributed by atoms with Crippen LogP contribution in [0.5, 0.6) is 0 Å². The highest BCUT2D eigenvalue weighted by molar-refractivity contribution is 5.71. The van der Waals surface area contributed by atoms with E-state index in [0.29, 0.717) is 19.3 Å². The predicted molar refractivity (Wildman–Crippen MR) is 293 cm³/mol. The molecule has 0 saturated carbocycles. The SMILES string of the molecule is CC/C=C\C/C=C\C/C=C\C/C=C\C/C=C\CCCC(=O)OC(COC(=O)CCCCCCCC/C=C\C=C/CCCCC)COC(=O)CCCCCCCCCCCCCCCCCCCC. The van der Waals surface area contributed by atoms with Gasteiger partial charge >= 0.3 is 17.9 Å². The maximum absolute atomic E-state index is 12.8. The van der Waals surface area contributed by atoms with E-state index in [-0.39, 0.29) is 37.5 Å². The molecule has 0 spiro atoms. The summed E-state index contributed by atoms with van der Waals surface area (Å²) in [5.74, 6) is -0.965. The van der Waals surface area contributed by atoms with Gasteiger partial charge in [-0.3, -0.25) is 14.4 Å². The summed E-state index contributed by atoms with van der Waals surface area (Å²) < 4.78 is 16.8. The number of hydrogen-bond donors (Lipinski definition) is 0. The molecular formula is C62H106O6. The van der Waals surface area contributed by atoms with E-state index >= 15 is 0 Å².